The van der Waals surface area contributed by atoms with Crippen molar-refractivity contribution in [1.29, 1.82) is 0 Å². The summed E-state index contributed by atoms with van der Waals surface area (Å²) in [6, 6.07) is 3.59. The van der Waals surface area contributed by atoms with Crippen molar-refractivity contribution in [3.63, 3.8) is 0 Å². The van der Waals surface area contributed by atoms with E-state index in [9.17, 15) is 0 Å². The van der Waals surface area contributed by atoms with E-state index in [0.717, 1.165) is 18.8 Å². The molecule has 0 spiro atoms. The first-order valence-corrected chi connectivity index (χ1v) is 6.24. The van der Waals surface area contributed by atoms with Crippen LogP contribution in [0.1, 0.15) is 13.8 Å². The predicted molar refractivity (Wildman–Crippen MR) is 71.4 cm³/mol. The molecule has 16 heavy (non-hydrogen) atoms. The molecule has 2 rings (SSSR count). The van der Waals surface area contributed by atoms with E-state index >= 15 is 0 Å². The Labute approximate surface area is 106 Å². The molecule has 4 heteroatoms. The highest BCUT2D eigenvalue weighted by Gasteiger charge is 2.27. The fourth-order valence-corrected chi connectivity index (χ4v) is 2.48. The number of benzene rings is 1. The Morgan fingerprint density at radius 2 is 1.62 bits per heavy atom. The zero-order valence-electron chi connectivity index (χ0n) is 9.50. The van der Waals surface area contributed by atoms with Crippen LogP contribution in [0.15, 0.2) is 12.1 Å². The third kappa shape index (κ3) is 2.09. The fourth-order valence-electron chi connectivity index (χ4n) is 2.15. The van der Waals surface area contributed by atoms with Crippen molar-refractivity contribution in [2.75, 3.05) is 23.7 Å². The van der Waals surface area contributed by atoms with Gasteiger partial charge < -0.3 is 10.6 Å². The first-order chi connectivity index (χ1) is 7.49. The Hall–Kier alpha value is -0.600. The number of nitrogens with two attached hydrogens (primary N) is 1. The van der Waals surface area contributed by atoms with Crippen LogP contribution in [0.5, 0.6) is 0 Å². The minimum Gasteiger partial charge on any atom is -0.397 e. The molecule has 1 heterocycles. The summed E-state index contributed by atoms with van der Waals surface area (Å²) in [5, 5.41) is 1.08. The van der Waals surface area contributed by atoms with Crippen molar-refractivity contribution in [3.8, 4) is 0 Å². The maximum atomic E-state index is 6.02. The SMILES string of the molecule is CC1CN(c2cc(Cl)c(Cl)cc2N)CC1C. The molecule has 1 aromatic carbocycles. The standard InChI is InChI=1S/C12H16Cl2N2/c1-7-5-16(6-8(7)2)12-4-10(14)9(13)3-11(12)15/h3-4,7-8H,5-6,15H2,1-2H3. The molecule has 0 aromatic heterocycles. The highest BCUT2D eigenvalue weighted by atomic mass is 35.5. The van der Waals surface area contributed by atoms with Crippen molar-refractivity contribution in [2.24, 2.45) is 11.8 Å². The number of nitrogen functional groups attached to an aromatic ring is 1. The van der Waals surface area contributed by atoms with Gasteiger partial charge in [-0.15, -0.1) is 0 Å². The van der Waals surface area contributed by atoms with Gasteiger partial charge in [-0.2, -0.15) is 0 Å². The molecule has 1 saturated heterocycles. The van der Waals surface area contributed by atoms with Gasteiger partial charge in [-0.25, -0.2) is 0 Å². The zero-order valence-corrected chi connectivity index (χ0v) is 11.0. The van der Waals surface area contributed by atoms with Crippen LogP contribution >= 0.6 is 23.2 Å². The molecule has 0 bridgehead atoms. The highest BCUT2D eigenvalue weighted by Crippen LogP contribution is 2.36. The van der Waals surface area contributed by atoms with E-state index in [1.165, 1.54) is 0 Å². The van der Waals surface area contributed by atoms with Crippen molar-refractivity contribution < 1.29 is 0 Å². The zero-order chi connectivity index (χ0) is 11.9. The molecular formula is C12H16Cl2N2. The van der Waals surface area contributed by atoms with Gasteiger partial charge in [0.15, 0.2) is 0 Å². The Morgan fingerprint density at radius 3 is 2.19 bits per heavy atom. The number of rotatable bonds is 1. The summed E-state index contributed by atoms with van der Waals surface area (Å²) in [5.41, 5.74) is 7.69. The van der Waals surface area contributed by atoms with Gasteiger partial charge in [-0.1, -0.05) is 37.0 Å². The summed E-state index contributed by atoms with van der Waals surface area (Å²) in [4.78, 5) is 2.28. The number of hydrogen-bond donors (Lipinski definition) is 1. The Balaban J connectivity index is 2.31. The van der Waals surface area contributed by atoms with Gasteiger partial charge in [0.2, 0.25) is 0 Å². The maximum absolute atomic E-state index is 6.02. The fraction of sp³-hybridized carbons (Fsp3) is 0.500. The lowest BCUT2D eigenvalue weighted by molar-refractivity contribution is 0.494. The van der Waals surface area contributed by atoms with Crippen LogP contribution in [0.25, 0.3) is 0 Å². The van der Waals surface area contributed by atoms with Crippen molar-refractivity contribution in [2.45, 2.75) is 13.8 Å². The van der Waals surface area contributed by atoms with Crippen LogP contribution in [0.3, 0.4) is 0 Å². The lowest BCUT2D eigenvalue weighted by Crippen LogP contribution is -2.20. The van der Waals surface area contributed by atoms with Gasteiger partial charge in [0.05, 0.1) is 21.4 Å². The lowest BCUT2D eigenvalue weighted by atomic mass is 10.0. The van der Waals surface area contributed by atoms with Crippen molar-refractivity contribution in [3.05, 3.63) is 22.2 Å². The molecule has 0 saturated carbocycles. The largest absolute Gasteiger partial charge is 0.397 e. The Bertz CT molecular complexity index is 396. The molecule has 1 aliphatic rings. The molecule has 88 valence electrons. The van der Waals surface area contributed by atoms with Crippen LogP contribution in [-0.2, 0) is 0 Å². The van der Waals surface area contributed by atoms with Gasteiger partial charge in [0.25, 0.3) is 0 Å². The van der Waals surface area contributed by atoms with Crippen LogP contribution in [0.4, 0.5) is 11.4 Å². The van der Waals surface area contributed by atoms with Gasteiger partial charge >= 0.3 is 0 Å². The average Bonchev–Trinajstić information content (AvgIpc) is 2.53. The van der Waals surface area contributed by atoms with Crippen LogP contribution in [0.2, 0.25) is 10.0 Å². The number of halogens is 2. The molecule has 2 N–H and O–H groups in total. The highest BCUT2D eigenvalue weighted by molar-refractivity contribution is 6.42. The molecule has 0 amide bonds. The summed E-state index contributed by atoms with van der Waals surface area (Å²) >= 11 is 11.9. The van der Waals surface area contributed by atoms with E-state index in [1.54, 1.807) is 6.07 Å². The van der Waals surface area contributed by atoms with E-state index in [4.69, 9.17) is 28.9 Å². The predicted octanol–water partition coefficient (Wildman–Crippen LogP) is 3.67. The van der Waals surface area contributed by atoms with Crippen LogP contribution in [0, 0.1) is 11.8 Å². The molecule has 1 aromatic rings. The Kier molecular flexibility index (Phi) is 3.22. The molecule has 2 unspecified atom stereocenters. The Morgan fingerprint density at radius 1 is 1.12 bits per heavy atom. The van der Waals surface area contributed by atoms with Crippen molar-refractivity contribution >= 4 is 34.6 Å². The van der Waals surface area contributed by atoms with E-state index < -0.39 is 0 Å². The number of hydrogen-bond acceptors (Lipinski definition) is 2. The van der Waals surface area contributed by atoms with Gasteiger partial charge in [0.1, 0.15) is 0 Å². The summed E-state index contributed by atoms with van der Waals surface area (Å²) < 4.78 is 0. The topological polar surface area (TPSA) is 29.3 Å². The summed E-state index contributed by atoms with van der Waals surface area (Å²) in [6.45, 7) is 6.59. The van der Waals surface area contributed by atoms with Gasteiger partial charge in [-0.05, 0) is 24.0 Å². The van der Waals surface area contributed by atoms with Gasteiger partial charge in [0, 0.05) is 13.1 Å². The molecule has 1 fully saturated rings. The van der Waals surface area contributed by atoms with E-state index in [0.29, 0.717) is 27.6 Å². The van der Waals surface area contributed by atoms with Crippen LogP contribution < -0.4 is 10.6 Å². The quantitative estimate of drug-likeness (QED) is 0.780. The smallest absolute Gasteiger partial charge is 0.0616 e. The summed E-state index contributed by atoms with van der Waals surface area (Å²) in [6.07, 6.45) is 0. The second-order valence-corrected chi connectivity index (χ2v) is 5.50. The van der Waals surface area contributed by atoms with Crippen molar-refractivity contribution in [1.82, 2.24) is 0 Å². The second kappa shape index (κ2) is 4.34. The first kappa shape index (κ1) is 11.9. The molecule has 2 nitrogen and oxygen atoms in total. The second-order valence-electron chi connectivity index (χ2n) is 4.68. The third-order valence-corrected chi connectivity index (χ3v) is 4.12. The third-order valence-electron chi connectivity index (χ3n) is 3.40. The minimum absolute atomic E-state index is 0.517. The molecule has 2 atom stereocenters. The van der Waals surface area contributed by atoms with E-state index in [2.05, 4.69) is 18.7 Å². The maximum Gasteiger partial charge on any atom is 0.0616 e. The summed E-state index contributed by atoms with van der Waals surface area (Å²) in [7, 11) is 0. The molecule has 0 radical (unpaired) electrons. The monoisotopic (exact) mass is 258 g/mol. The lowest BCUT2D eigenvalue weighted by Gasteiger charge is -2.21. The minimum atomic E-state index is 0.517. The number of nitrogens with zero attached hydrogens (tertiary/aromatic N) is 1. The van der Waals surface area contributed by atoms with Gasteiger partial charge in [-0.3, -0.25) is 0 Å². The van der Waals surface area contributed by atoms with E-state index in [-0.39, 0.29) is 0 Å². The number of anilines is 2. The van der Waals surface area contributed by atoms with Crippen LogP contribution in [-0.4, -0.2) is 13.1 Å². The van der Waals surface area contributed by atoms with E-state index in [1.807, 2.05) is 6.07 Å². The molecule has 1 aliphatic heterocycles. The normalized spacial score (nSPS) is 25.1. The molecule has 0 aliphatic carbocycles. The summed E-state index contributed by atoms with van der Waals surface area (Å²) in [5.74, 6) is 1.38. The average molecular weight is 259 g/mol. The molecular weight excluding hydrogens is 243 g/mol. The first-order valence-electron chi connectivity index (χ1n) is 5.48.